The molecule has 0 spiro atoms. The van der Waals surface area contributed by atoms with Gasteiger partial charge >= 0.3 is 0 Å². The molecule has 0 aliphatic carbocycles. The summed E-state index contributed by atoms with van der Waals surface area (Å²) in [4.78, 5) is 0. The average Bonchev–Trinajstić information content (AvgIpc) is 2.59. The Balaban J connectivity index is 2.76. The van der Waals surface area contributed by atoms with Crippen LogP contribution in [0.2, 0.25) is 0 Å². The summed E-state index contributed by atoms with van der Waals surface area (Å²) in [6.45, 7) is 1.96. The lowest BCUT2D eigenvalue weighted by atomic mass is 10.2. The SMILES string of the molecule is COc1cc(OC)c2c(C)[nH]nc2c1. The maximum Gasteiger partial charge on any atom is 0.133 e. The molecule has 0 radical (unpaired) electrons. The van der Waals surface area contributed by atoms with Crippen molar-refractivity contribution in [3.8, 4) is 11.5 Å². The first-order valence-corrected chi connectivity index (χ1v) is 4.33. The van der Waals surface area contributed by atoms with E-state index < -0.39 is 0 Å². The van der Waals surface area contributed by atoms with E-state index in [0.717, 1.165) is 28.1 Å². The number of fused-ring (bicyclic) bond motifs is 1. The average molecular weight is 192 g/mol. The minimum absolute atomic E-state index is 0.751. The van der Waals surface area contributed by atoms with Gasteiger partial charge < -0.3 is 9.47 Å². The predicted octanol–water partition coefficient (Wildman–Crippen LogP) is 1.89. The van der Waals surface area contributed by atoms with Gasteiger partial charge in [-0.15, -0.1) is 0 Å². The maximum absolute atomic E-state index is 5.27. The molecule has 1 aromatic heterocycles. The first-order valence-electron chi connectivity index (χ1n) is 4.33. The van der Waals surface area contributed by atoms with E-state index in [0.29, 0.717) is 0 Å². The topological polar surface area (TPSA) is 47.1 Å². The molecule has 2 aromatic rings. The summed E-state index contributed by atoms with van der Waals surface area (Å²) in [7, 11) is 3.26. The van der Waals surface area contributed by atoms with E-state index in [2.05, 4.69) is 10.2 Å². The molecule has 74 valence electrons. The van der Waals surface area contributed by atoms with Crippen LogP contribution in [-0.4, -0.2) is 24.4 Å². The molecule has 2 rings (SSSR count). The Morgan fingerprint density at radius 3 is 2.64 bits per heavy atom. The van der Waals surface area contributed by atoms with Gasteiger partial charge in [0.1, 0.15) is 11.5 Å². The Hall–Kier alpha value is -1.71. The van der Waals surface area contributed by atoms with E-state index >= 15 is 0 Å². The molecule has 1 aromatic carbocycles. The minimum atomic E-state index is 0.751. The zero-order chi connectivity index (χ0) is 10.1. The van der Waals surface area contributed by atoms with Crippen LogP contribution in [0.1, 0.15) is 5.69 Å². The van der Waals surface area contributed by atoms with Gasteiger partial charge in [0, 0.05) is 17.8 Å². The molecular formula is C10H12N2O2. The van der Waals surface area contributed by atoms with Crippen molar-refractivity contribution in [1.29, 1.82) is 0 Å². The van der Waals surface area contributed by atoms with Crippen LogP contribution in [0.4, 0.5) is 0 Å². The Bertz CT molecular complexity index is 462. The zero-order valence-electron chi connectivity index (χ0n) is 8.42. The van der Waals surface area contributed by atoms with Crippen LogP contribution >= 0.6 is 0 Å². The van der Waals surface area contributed by atoms with Crippen molar-refractivity contribution in [2.75, 3.05) is 14.2 Å². The van der Waals surface area contributed by atoms with Crippen molar-refractivity contribution in [3.05, 3.63) is 17.8 Å². The quantitative estimate of drug-likeness (QED) is 0.790. The molecule has 0 unspecified atom stereocenters. The molecule has 0 saturated carbocycles. The van der Waals surface area contributed by atoms with Crippen LogP contribution < -0.4 is 9.47 Å². The molecule has 0 atom stereocenters. The summed E-state index contributed by atoms with van der Waals surface area (Å²) < 4.78 is 10.4. The zero-order valence-corrected chi connectivity index (χ0v) is 8.42. The van der Waals surface area contributed by atoms with Crippen LogP contribution in [0.25, 0.3) is 10.9 Å². The van der Waals surface area contributed by atoms with Crippen LogP contribution in [-0.2, 0) is 0 Å². The van der Waals surface area contributed by atoms with E-state index in [1.807, 2.05) is 19.1 Å². The Morgan fingerprint density at radius 2 is 2.00 bits per heavy atom. The van der Waals surface area contributed by atoms with Gasteiger partial charge in [-0.3, -0.25) is 5.10 Å². The number of ether oxygens (including phenoxy) is 2. The third kappa shape index (κ3) is 1.19. The summed E-state index contributed by atoms with van der Waals surface area (Å²) >= 11 is 0. The highest BCUT2D eigenvalue weighted by Gasteiger charge is 2.09. The summed E-state index contributed by atoms with van der Waals surface area (Å²) in [5.41, 5.74) is 1.86. The summed E-state index contributed by atoms with van der Waals surface area (Å²) in [6, 6.07) is 3.73. The first kappa shape index (κ1) is 8.87. The number of aryl methyl sites for hydroxylation is 1. The van der Waals surface area contributed by atoms with Crippen molar-refractivity contribution in [2.45, 2.75) is 6.92 Å². The van der Waals surface area contributed by atoms with Gasteiger partial charge in [-0.1, -0.05) is 0 Å². The largest absolute Gasteiger partial charge is 0.497 e. The third-order valence-corrected chi connectivity index (χ3v) is 2.23. The lowest BCUT2D eigenvalue weighted by Gasteiger charge is -2.05. The van der Waals surface area contributed by atoms with E-state index in [9.17, 15) is 0 Å². The number of hydrogen-bond acceptors (Lipinski definition) is 3. The van der Waals surface area contributed by atoms with E-state index in [1.54, 1.807) is 14.2 Å². The van der Waals surface area contributed by atoms with E-state index in [1.165, 1.54) is 0 Å². The molecule has 1 heterocycles. The fourth-order valence-corrected chi connectivity index (χ4v) is 1.52. The molecule has 1 N–H and O–H groups in total. The molecule has 0 bridgehead atoms. The highest BCUT2D eigenvalue weighted by molar-refractivity contribution is 5.89. The van der Waals surface area contributed by atoms with Crippen LogP contribution in [0.5, 0.6) is 11.5 Å². The Morgan fingerprint density at radius 1 is 1.21 bits per heavy atom. The van der Waals surface area contributed by atoms with E-state index in [-0.39, 0.29) is 0 Å². The smallest absolute Gasteiger partial charge is 0.133 e. The Kier molecular flexibility index (Phi) is 2.04. The molecular weight excluding hydrogens is 180 g/mol. The van der Waals surface area contributed by atoms with Crippen LogP contribution in [0, 0.1) is 6.92 Å². The second-order valence-corrected chi connectivity index (χ2v) is 3.07. The molecule has 0 fully saturated rings. The highest BCUT2D eigenvalue weighted by atomic mass is 16.5. The van der Waals surface area contributed by atoms with E-state index in [4.69, 9.17) is 9.47 Å². The fourth-order valence-electron chi connectivity index (χ4n) is 1.52. The normalized spacial score (nSPS) is 10.5. The van der Waals surface area contributed by atoms with Gasteiger partial charge in [-0.25, -0.2) is 0 Å². The van der Waals surface area contributed by atoms with Crippen molar-refractivity contribution in [3.63, 3.8) is 0 Å². The third-order valence-electron chi connectivity index (χ3n) is 2.23. The number of methoxy groups -OCH3 is 2. The highest BCUT2D eigenvalue weighted by Crippen LogP contribution is 2.31. The fraction of sp³-hybridized carbons (Fsp3) is 0.300. The number of rotatable bonds is 2. The standard InChI is InChI=1S/C10H12N2O2/c1-6-10-8(12-11-6)4-7(13-2)5-9(10)14-3/h4-5H,1-3H3,(H,11,12). The molecule has 4 nitrogen and oxygen atoms in total. The number of H-pyrrole nitrogens is 1. The van der Waals surface area contributed by atoms with Gasteiger partial charge in [-0.2, -0.15) is 5.10 Å². The summed E-state index contributed by atoms with van der Waals surface area (Å²) in [5, 5.41) is 8.08. The number of aromatic amines is 1. The van der Waals surface area contributed by atoms with Gasteiger partial charge in [0.25, 0.3) is 0 Å². The number of hydrogen-bond donors (Lipinski definition) is 1. The molecule has 0 amide bonds. The molecule has 0 aliphatic heterocycles. The maximum atomic E-state index is 5.27. The molecule has 0 saturated heterocycles. The second-order valence-electron chi connectivity index (χ2n) is 3.07. The minimum Gasteiger partial charge on any atom is -0.497 e. The summed E-state index contributed by atoms with van der Waals surface area (Å²) in [5.74, 6) is 1.53. The van der Waals surface area contributed by atoms with Gasteiger partial charge in [-0.05, 0) is 6.92 Å². The number of aromatic nitrogens is 2. The molecule has 4 heteroatoms. The van der Waals surface area contributed by atoms with Gasteiger partial charge in [0.15, 0.2) is 0 Å². The van der Waals surface area contributed by atoms with Crippen molar-refractivity contribution in [2.24, 2.45) is 0 Å². The van der Waals surface area contributed by atoms with Crippen molar-refractivity contribution >= 4 is 10.9 Å². The monoisotopic (exact) mass is 192 g/mol. The van der Waals surface area contributed by atoms with Gasteiger partial charge in [0.05, 0.1) is 25.1 Å². The second kappa shape index (κ2) is 3.21. The van der Waals surface area contributed by atoms with Crippen molar-refractivity contribution < 1.29 is 9.47 Å². The lowest BCUT2D eigenvalue weighted by molar-refractivity contribution is 0.398. The molecule has 14 heavy (non-hydrogen) atoms. The number of nitrogens with one attached hydrogen (secondary N) is 1. The van der Waals surface area contributed by atoms with Gasteiger partial charge in [0.2, 0.25) is 0 Å². The number of nitrogens with zero attached hydrogens (tertiary/aromatic N) is 1. The Labute approximate surface area is 81.8 Å². The first-order chi connectivity index (χ1) is 6.76. The number of benzene rings is 1. The van der Waals surface area contributed by atoms with Crippen LogP contribution in [0.15, 0.2) is 12.1 Å². The summed E-state index contributed by atoms with van der Waals surface area (Å²) in [6.07, 6.45) is 0. The molecule has 0 aliphatic rings. The predicted molar refractivity (Wildman–Crippen MR) is 53.9 cm³/mol. The van der Waals surface area contributed by atoms with Crippen LogP contribution in [0.3, 0.4) is 0 Å². The lowest BCUT2D eigenvalue weighted by Crippen LogP contribution is -1.88. The van der Waals surface area contributed by atoms with Crippen molar-refractivity contribution in [1.82, 2.24) is 10.2 Å².